The van der Waals surface area contributed by atoms with E-state index in [1.165, 1.54) is 4.90 Å². The average molecular weight is 482 g/mol. The first-order valence-electron chi connectivity index (χ1n) is 9.52. The number of hydrogen-bond acceptors (Lipinski definition) is 3. The van der Waals surface area contributed by atoms with Crippen LogP contribution in [-0.4, -0.2) is 35.4 Å². The van der Waals surface area contributed by atoms with E-state index in [-0.39, 0.29) is 24.5 Å². The van der Waals surface area contributed by atoms with Gasteiger partial charge in [-0.3, -0.25) is 9.59 Å². The van der Waals surface area contributed by atoms with Crippen molar-refractivity contribution in [1.82, 2.24) is 10.2 Å². The fourth-order valence-electron chi connectivity index (χ4n) is 2.59. The molecule has 0 fully saturated rings. The van der Waals surface area contributed by atoms with Crippen molar-refractivity contribution >= 4 is 39.3 Å². The lowest BCUT2D eigenvalue weighted by Gasteiger charge is -2.29. The number of carbonyl (C=O) groups excluding carboxylic acids is 2. The molecule has 0 saturated carbocycles. The van der Waals surface area contributed by atoms with Gasteiger partial charge in [0, 0.05) is 22.1 Å². The predicted molar refractivity (Wildman–Crippen MR) is 119 cm³/mol. The molecule has 0 aliphatic rings. The zero-order valence-corrected chi connectivity index (χ0v) is 19.2. The largest absolute Gasteiger partial charge is 0.484 e. The lowest BCUT2D eigenvalue weighted by molar-refractivity contribution is -0.142. The van der Waals surface area contributed by atoms with E-state index in [0.29, 0.717) is 17.3 Å². The van der Waals surface area contributed by atoms with Gasteiger partial charge in [0.25, 0.3) is 5.91 Å². The van der Waals surface area contributed by atoms with Crippen molar-refractivity contribution in [3.05, 3.63) is 63.6 Å². The second-order valence-electron chi connectivity index (χ2n) is 6.88. The third kappa shape index (κ3) is 7.37. The Hall–Kier alpha value is -2.05. The molecule has 2 aromatic rings. The maximum Gasteiger partial charge on any atom is 0.261 e. The molecule has 0 aliphatic heterocycles. The predicted octanol–water partition coefficient (Wildman–Crippen LogP) is 4.81. The van der Waals surface area contributed by atoms with Crippen LogP contribution < -0.4 is 10.1 Å². The van der Waals surface area contributed by atoms with Crippen LogP contribution >= 0.6 is 27.5 Å². The first-order valence-corrected chi connectivity index (χ1v) is 10.7. The average Bonchev–Trinajstić information content (AvgIpc) is 2.72. The van der Waals surface area contributed by atoms with E-state index in [0.717, 1.165) is 16.5 Å². The first kappa shape index (κ1) is 23.2. The van der Waals surface area contributed by atoms with Crippen LogP contribution in [0.25, 0.3) is 0 Å². The Kier molecular flexibility index (Phi) is 8.99. The number of amides is 2. The third-order valence-electron chi connectivity index (χ3n) is 4.61. The minimum atomic E-state index is -0.631. The summed E-state index contributed by atoms with van der Waals surface area (Å²) < 4.78 is 6.56. The quantitative estimate of drug-likeness (QED) is 0.559. The lowest BCUT2D eigenvalue weighted by Crippen LogP contribution is -2.50. The Morgan fingerprint density at radius 2 is 1.72 bits per heavy atom. The molecule has 2 aromatic carbocycles. The van der Waals surface area contributed by atoms with Crippen molar-refractivity contribution in [3.8, 4) is 5.75 Å². The monoisotopic (exact) mass is 480 g/mol. The highest BCUT2D eigenvalue weighted by molar-refractivity contribution is 9.10. The molecular weight excluding hydrogens is 456 g/mol. The van der Waals surface area contributed by atoms with Gasteiger partial charge in [0.15, 0.2) is 6.61 Å². The zero-order chi connectivity index (χ0) is 21.4. The Morgan fingerprint density at radius 1 is 1.10 bits per heavy atom. The van der Waals surface area contributed by atoms with Crippen LogP contribution in [0.4, 0.5) is 0 Å². The number of hydrogen-bond donors (Lipinski definition) is 1. The van der Waals surface area contributed by atoms with E-state index in [2.05, 4.69) is 21.2 Å². The normalized spacial score (nSPS) is 12.7. The van der Waals surface area contributed by atoms with E-state index in [4.69, 9.17) is 16.3 Å². The van der Waals surface area contributed by atoms with Crippen LogP contribution in [-0.2, 0) is 16.1 Å². The van der Waals surface area contributed by atoms with Crippen LogP contribution in [0, 0.1) is 0 Å². The van der Waals surface area contributed by atoms with E-state index in [1.54, 1.807) is 31.2 Å². The van der Waals surface area contributed by atoms with Crippen LogP contribution in [0.5, 0.6) is 5.75 Å². The number of carbonyl (C=O) groups is 2. The van der Waals surface area contributed by atoms with Crippen molar-refractivity contribution < 1.29 is 14.3 Å². The van der Waals surface area contributed by atoms with Crippen molar-refractivity contribution in [2.24, 2.45) is 0 Å². The molecule has 0 saturated heterocycles. The van der Waals surface area contributed by atoms with Gasteiger partial charge in [-0.05, 0) is 62.2 Å². The minimum absolute atomic E-state index is 0.0416. The Labute approximate surface area is 185 Å². The third-order valence-corrected chi connectivity index (χ3v) is 5.39. The van der Waals surface area contributed by atoms with Gasteiger partial charge in [0.2, 0.25) is 5.91 Å². The summed E-state index contributed by atoms with van der Waals surface area (Å²) in [5, 5.41) is 3.54. The molecule has 1 N–H and O–H groups in total. The lowest BCUT2D eigenvalue weighted by atomic mass is 10.1. The molecule has 2 amide bonds. The Balaban J connectivity index is 2.13. The molecule has 2 atom stereocenters. The van der Waals surface area contributed by atoms with E-state index in [1.807, 2.05) is 38.1 Å². The summed E-state index contributed by atoms with van der Waals surface area (Å²) in [5.74, 6) is 0.0917. The molecule has 7 heteroatoms. The standard InChI is InChI=1S/C22H26BrClN2O3/c1-4-15(2)25-22(28)16(3)26(13-17-5-7-18(23)8-6-17)21(27)14-29-20-11-9-19(24)10-12-20/h5-12,15-16H,4,13-14H2,1-3H3,(H,25,28). The van der Waals surface area contributed by atoms with Crippen LogP contribution in [0.1, 0.15) is 32.8 Å². The van der Waals surface area contributed by atoms with Crippen molar-refractivity contribution in [1.29, 1.82) is 0 Å². The highest BCUT2D eigenvalue weighted by Gasteiger charge is 2.27. The van der Waals surface area contributed by atoms with E-state index >= 15 is 0 Å². The van der Waals surface area contributed by atoms with Gasteiger partial charge < -0.3 is 15.0 Å². The highest BCUT2D eigenvalue weighted by atomic mass is 79.9. The Bertz CT molecular complexity index is 812. The number of nitrogens with one attached hydrogen (secondary N) is 1. The molecule has 29 heavy (non-hydrogen) atoms. The molecule has 5 nitrogen and oxygen atoms in total. The minimum Gasteiger partial charge on any atom is -0.484 e. The summed E-state index contributed by atoms with van der Waals surface area (Å²) in [6, 6.07) is 13.9. The second kappa shape index (κ2) is 11.2. The summed E-state index contributed by atoms with van der Waals surface area (Å²) in [5.41, 5.74) is 0.927. The summed E-state index contributed by atoms with van der Waals surface area (Å²) >= 11 is 9.29. The van der Waals surface area contributed by atoms with Crippen LogP contribution in [0.3, 0.4) is 0 Å². The molecule has 0 aromatic heterocycles. The van der Waals surface area contributed by atoms with Crippen molar-refractivity contribution in [2.75, 3.05) is 6.61 Å². The molecule has 0 aliphatic carbocycles. The number of ether oxygens (including phenoxy) is 1. The summed E-state index contributed by atoms with van der Waals surface area (Å²) in [4.78, 5) is 27.1. The number of halogens is 2. The number of nitrogens with zero attached hydrogens (tertiary/aromatic N) is 1. The maximum absolute atomic E-state index is 12.9. The van der Waals surface area contributed by atoms with Gasteiger partial charge in [0.05, 0.1) is 0 Å². The molecule has 2 unspecified atom stereocenters. The Morgan fingerprint density at radius 3 is 2.31 bits per heavy atom. The first-order chi connectivity index (χ1) is 13.8. The summed E-state index contributed by atoms with van der Waals surface area (Å²) in [7, 11) is 0. The van der Waals surface area contributed by atoms with E-state index < -0.39 is 6.04 Å². The fraction of sp³-hybridized carbons (Fsp3) is 0.364. The van der Waals surface area contributed by atoms with Gasteiger partial charge >= 0.3 is 0 Å². The number of benzene rings is 2. The fourth-order valence-corrected chi connectivity index (χ4v) is 2.98. The van der Waals surface area contributed by atoms with Crippen LogP contribution in [0.2, 0.25) is 5.02 Å². The molecule has 0 heterocycles. The SMILES string of the molecule is CCC(C)NC(=O)C(C)N(Cc1ccc(Br)cc1)C(=O)COc1ccc(Cl)cc1. The van der Waals surface area contributed by atoms with Gasteiger partial charge in [-0.1, -0.05) is 46.6 Å². The summed E-state index contributed by atoms with van der Waals surface area (Å²) in [6.07, 6.45) is 0.818. The molecule has 0 spiro atoms. The molecule has 0 bridgehead atoms. The van der Waals surface area contributed by atoms with E-state index in [9.17, 15) is 9.59 Å². The van der Waals surface area contributed by atoms with Crippen LogP contribution in [0.15, 0.2) is 53.0 Å². The molecule has 0 radical (unpaired) electrons. The van der Waals surface area contributed by atoms with Gasteiger partial charge in [-0.2, -0.15) is 0 Å². The van der Waals surface area contributed by atoms with Gasteiger partial charge in [0.1, 0.15) is 11.8 Å². The van der Waals surface area contributed by atoms with Gasteiger partial charge in [-0.15, -0.1) is 0 Å². The molecular formula is C22H26BrClN2O3. The number of rotatable bonds is 9. The topological polar surface area (TPSA) is 58.6 Å². The molecule has 2 rings (SSSR count). The smallest absolute Gasteiger partial charge is 0.261 e. The second-order valence-corrected chi connectivity index (χ2v) is 8.24. The maximum atomic E-state index is 12.9. The van der Waals surface area contributed by atoms with Crippen molar-refractivity contribution in [3.63, 3.8) is 0 Å². The zero-order valence-electron chi connectivity index (χ0n) is 16.8. The highest BCUT2D eigenvalue weighted by Crippen LogP contribution is 2.17. The molecule has 156 valence electrons. The summed E-state index contributed by atoms with van der Waals surface area (Å²) in [6.45, 7) is 5.82. The van der Waals surface area contributed by atoms with Gasteiger partial charge in [-0.25, -0.2) is 0 Å². The van der Waals surface area contributed by atoms with Crippen molar-refractivity contribution in [2.45, 2.75) is 45.8 Å².